The molecule has 19 heavy (non-hydrogen) atoms. The summed E-state index contributed by atoms with van der Waals surface area (Å²) >= 11 is 0. The molecule has 0 fully saturated rings. The topological polar surface area (TPSA) is 68.4 Å². The first-order valence-corrected chi connectivity index (χ1v) is 4.90. The van der Waals surface area contributed by atoms with Gasteiger partial charge in [0.25, 0.3) is 5.56 Å². The summed E-state index contributed by atoms with van der Waals surface area (Å²) in [6, 6.07) is 0.461. The second-order valence-electron chi connectivity index (χ2n) is 3.39. The van der Waals surface area contributed by atoms with Gasteiger partial charge in [-0.15, -0.1) is 13.2 Å². The number of halogens is 4. The number of esters is 1. The average molecular weight is 283 g/mol. The van der Waals surface area contributed by atoms with Crippen molar-refractivity contribution in [3.63, 3.8) is 0 Å². The first-order valence-electron chi connectivity index (χ1n) is 4.90. The van der Waals surface area contributed by atoms with Gasteiger partial charge in [-0.1, -0.05) is 0 Å². The first-order chi connectivity index (χ1) is 8.76. The van der Waals surface area contributed by atoms with Crippen molar-refractivity contribution in [2.75, 3.05) is 7.11 Å². The highest BCUT2D eigenvalue weighted by molar-refractivity contribution is 5.72. The molecule has 0 saturated carbocycles. The number of methoxy groups -OCH3 is 1. The molecule has 0 aliphatic carbocycles. The fourth-order valence-corrected chi connectivity index (χ4v) is 1.34. The molecule has 0 aliphatic heterocycles. The van der Waals surface area contributed by atoms with Crippen molar-refractivity contribution >= 4 is 5.97 Å². The number of H-pyrrole nitrogens is 1. The number of ether oxygens (including phenoxy) is 2. The summed E-state index contributed by atoms with van der Waals surface area (Å²) in [4.78, 5) is 24.3. The lowest BCUT2D eigenvalue weighted by Gasteiger charge is -2.13. The van der Waals surface area contributed by atoms with Crippen molar-refractivity contribution in [2.24, 2.45) is 0 Å². The molecule has 1 N–H and O–H groups in total. The van der Waals surface area contributed by atoms with Gasteiger partial charge >= 0.3 is 12.3 Å². The maximum absolute atomic E-state index is 12.8. The van der Waals surface area contributed by atoms with E-state index < -0.39 is 42.3 Å². The lowest BCUT2D eigenvalue weighted by molar-refractivity contribution is -0.275. The Morgan fingerprint density at radius 1 is 1.42 bits per heavy atom. The second-order valence-corrected chi connectivity index (χ2v) is 3.39. The van der Waals surface area contributed by atoms with Crippen LogP contribution in [-0.2, 0) is 22.6 Å². The Bertz CT molecular complexity index is 523. The molecule has 0 unspecified atom stereocenters. The third kappa shape index (κ3) is 4.27. The third-order valence-electron chi connectivity index (χ3n) is 2.11. The van der Waals surface area contributed by atoms with E-state index in [0.717, 1.165) is 7.11 Å². The maximum Gasteiger partial charge on any atom is 0.573 e. The van der Waals surface area contributed by atoms with Gasteiger partial charge in [0.1, 0.15) is 12.4 Å². The number of aromatic amines is 1. The van der Waals surface area contributed by atoms with Crippen LogP contribution in [0.2, 0.25) is 0 Å². The van der Waals surface area contributed by atoms with Crippen LogP contribution >= 0.6 is 0 Å². The molecule has 1 aromatic heterocycles. The molecule has 0 spiro atoms. The zero-order valence-electron chi connectivity index (χ0n) is 9.64. The van der Waals surface area contributed by atoms with E-state index >= 15 is 0 Å². The van der Waals surface area contributed by atoms with E-state index in [1.54, 1.807) is 0 Å². The van der Waals surface area contributed by atoms with Crippen molar-refractivity contribution in [3.8, 4) is 5.75 Å². The van der Waals surface area contributed by atoms with Gasteiger partial charge in [-0.25, -0.2) is 4.39 Å². The molecule has 1 aromatic rings. The highest BCUT2D eigenvalue weighted by Gasteiger charge is 2.33. The summed E-state index contributed by atoms with van der Waals surface area (Å²) in [5.41, 5.74) is -1.82. The van der Waals surface area contributed by atoms with Crippen LogP contribution in [0.15, 0.2) is 10.9 Å². The quantitative estimate of drug-likeness (QED) is 0.671. The molecule has 1 rings (SSSR count). The summed E-state index contributed by atoms with van der Waals surface area (Å²) in [6.07, 6.45) is -5.64. The fraction of sp³-hybridized carbons (Fsp3) is 0.400. The number of carbonyl (C=O) groups is 1. The highest BCUT2D eigenvalue weighted by atomic mass is 19.4. The molecule has 1 heterocycles. The molecule has 9 heteroatoms. The van der Waals surface area contributed by atoms with Crippen LogP contribution in [0, 0.1) is 0 Å². The minimum absolute atomic E-state index is 0.318. The van der Waals surface area contributed by atoms with Crippen LogP contribution in [-0.4, -0.2) is 24.4 Å². The molecule has 0 saturated heterocycles. The minimum Gasteiger partial charge on any atom is -0.469 e. The Morgan fingerprint density at radius 3 is 2.53 bits per heavy atom. The number of hydrogen-bond acceptors (Lipinski definition) is 4. The maximum atomic E-state index is 12.8. The zero-order chi connectivity index (χ0) is 14.6. The van der Waals surface area contributed by atoms with E-state index in [4.69, 9.17) is 0 Å². The highest BCUT2D eigenvalue weighted by Crippen LogP contribution is 2.27. The Hall–Kier alpha value is -2.06. The van der Waals surface area contributed by atoms with E-state index in [-0.39, 0.29) is 5.69 Å². The lowest BCUT2D eigenvalue weighted by atomic mass is 10.1. The Balaban J connectivity index is 3.24. The van der Waals surface area contributed by atoms with E-state index in [0.29, 0.717) is 6.07 Å². The fourth-order valence-electron chi connectivity index (χ4n) is 1.34. The van der Waals surface area contributed by atoms with Crippen molar-refractivity contribution in [1.29, 1.82) is 0 Å². The summed E-state index contributed by atoms with van der Waals surface area (Å²) in [7, 11) is 1.05. The second kappa shape index (κ2) is 5.72. The van der Waals surface area contributed by atoms with Crippen LogP contribution in [0.3, 0.4) is 0 Å². The normalized spacial score (nSPS) is 11.2. The SMILES string of the molecule is COC(=O)Cc1[nH]c(=O)cc(OC(F)(F)F)c1CF. The Morgan fingerprint density at radius 2 is 2.05 bits per heavy atom. The molecule has 106 valence electrons. The van der Waals surface area contributed by atoms with Gasteiger partial charge in [0.15, 0.2) is 0 Å². The van der Waals surface area contributed by atoms with Gasteiger partial charge in [0.2, 0.25) is 0 Å². The molecular weight excluding hydrogens is 274 g/mol. The molecule has 5 nitrogen and oxygen atoms in total. The van der Waals surface area contributed by atoms with E-state index in [9.17, 15) is 27.2 Å². The van der Waals surface area contributed by atoms with Crippen LogP contribution in [0.25, 0.3) is 0 Å². The van der Waals surface area contributed by atoms with Gasteiger partial charge in [0, 0.05) is 17.3 Å². The van der Waals surface area contributed by atoms with Crippen LogP contribution in [0.1, 0.15) is 11.3 Å². The van der Waals surface area contributed by atoms with E-state index in [1.807, 2.05) is 0 Å². The largest absolute Gasteiger partial charge is 0.573 e. The smallest absolute Gasteiger partial charge is 0.469 e. The summed E-state index contributed by atoms with van der Waals surface area (Å²) in [6.45, 7) is -1.34. The van der Waals surface area contributed by atoms with Gasteiger partial charge in [-0.2, -0.15) is 0 Å². The van der Waals surface area contributed by atoms with Gasteiger partial charge in [0.05, 0.1) is 13.5 Å². The average Bonchev–Trinajstić information content (AvgIpc) is 2.26. The van der Waals surface area contributed by atoms with Crippen LogP contribution < -0.4 is 10.3 Å². The molecular formula is C10H9F4NO4. The molecule has 0 atom stereocenters. The predicted octanol–water partition coefficient (Wildman–Crippen LogP) is 1.46. The van der Waals surface area contributed by atoms with Crippen molar-refractivity contribution < 1.29 is 31.8 Å². The van der Waals surface area contributed by atoms with E-state index in [1.165, 1.54) is 0 Å². The predicted molar refractivity (Wildman–Crippen MR) is 54.3 cm³/mol. The monoisotopic (exact) mass is 283 g/mol. The number of alkyl halides is 4. The summed E-state index contributed by atoms with van der Waals surface area (Å²) in [5.74, 6) is -1.81. The van der Waals surface area contributed by atoms with Gasteiger partial charge in [-0.3, -0.25) is 9.59 Å². The molecule has 0 aliphatic rings. The van der Waals surface area contributed by atoms with Gasteiger partial charge < -0.3 is 14.5 Å². The Labute approximate surface area is 104 Å². The first kappa shape index (κ1) is 15.0. The summed E-state index contributed by atoms with van der Waals surface area (Å²) < 4.78 is 56.9. The molecule has 0 aromatic carbocycles. The van der Waals surface area contributed by atoms with Crippen molar-refractivity contribution in [1.82, 2.24) is 4.98 Å². The van der Waals surface area contributed by atoms with Crippen molar-refractivity contribution in [2.45, 2.75) is 19.5 Å². The Kier molecular flexibility index (Phi) is 4.52. The number of nitrogens with one attached hydrogen (secondary N) is 1. The molecule has 0 amide bonds. The number of rotatable bonds is 4. The van der Waals surface area contributed by atoms with Crippen LogP contribution in [0.4, 0.5) is 17.6 Å². The third-order valence-corrected chi connectivity index (χ3v) is 2.11. The van der Waals surface area contributed by atoms with E-state index in [2.05, 4.69) is 14.5 Å². The number of aromatic nitrogens is 1. The molecule has 0 bridgehead atoms. The number of hydrogen-bond donors (Lipinski definition) is 1. The van der Waals surface area contributed by atoms with Crippen LogP contribution in [0.5, 0.6) is 5.75 Å². The van der Waals surface area contributed by atoms with Crippen molar-refractivity contribution in [3.05, 3.63) is 27.7 Å². The number of pyridine rings is 1. The molecule has 0 radical (unpaired) electrons. The summed E-state index contributed by atoms with van der Waals surface area (Å²) in [5, 5.41) is 0. The zero-order valence-corrected chi connectivity index (χ0v) is 9.64. The van der Waals surface area contributed by atoms with Gasteiger partial charge in [-0.05, 0) is 0 Å². The number of carbonyl (C=O) groups excluding carboxylic acids is 1. The standard InChI is InChI=1S/C10H9F4NO4/c1-18-9(17)2-6-5(4-11)7(3-8(16)15-6)19-10(12,13)14/h3H,2,4H2,1H3,(H,15,16). The minimum atomic E-state index is -5.07. The lowest BCUT2D eigenvalue weighted by Crippen LogP contribution is -2.22.